The van der Waals surface area contributed by atoms with Crippen LogP contribution in [0.3, 0.4) is 0 Å². The maximum atomic E-state index is 12.8. The van der Waals surface area contributed by atoms with Gasteiger partial charge in [-0.25, -0.2) is 4.98 Å². The van der Waals surface area contributed by atoms with E-state index in [1.807, 2.05) is 43.3 Å². The number of rotatable bonds is 5. The molecule has 6 heteroatoms. The van der Waals surface area contributed by atoms with Gasteiger partial charge < -0.3 is 14.2 Å². The van der Waals surface area contributed by atoms with Crippen LogP contribution in [-0.2, 0) is 6.42 Å². The van der Waals surface area contributed by atoms with E-state index in [9.17, 15) is 4.79 Å². The average molecular weight is 471 g/mol. The van der Waals surface area contributed by atoms with Crippen LogP contribution < -0.4 is 5.32 Å². The van der Waals surface area contributed by atoms with E-state index in [1.165, 1.54) is 16.7 Å². The number of hydrogen-bond donors (Lipinski definition) is 1. The number of anilines is 1. The van der Waals surface area contributed by atoms with Crippen LogP contribution >= 0.6 is 11.6 Å². The highest BCUT2D eigenvalue weighted by atomic mass is 35.5. The van der Waals surface area contributed by atoms with Gasteiger partial charge in [0.1, 0.15) is 11.3 Å². The summed E-state index contributed by atoms with van der Waals surface area (Å²) in [6, 6.07) is 20.7. The quantitative estimate of drug-likeness (QED) is 0.284. The van der Waals surface area contributed by atoms with Crippen molar-refractivity contribution in [2.45, 2.75) is 27.2 Å². The summed E-state index contributed by atoms with van der Waals surface area (Å²) in [5, 5.41) is 3.35. The molecular weight excluding hydrogens is 448 g/mol. The van der Waals surface area contributed by atoms with Crippen LogP contribution in [0, 0.1) is 13.8 Å². The average Bonchev–Trinajstić information content (AvgIpc) is 3.49. The molecule has 0 aliphatic rings. The zero-order valence-corrected chi connectivity index (χ0v) is 19.9. The first-order valence-corrected chi connectivity index (χ1v) is 11.5. The molecule has 0 aliphatic carbocycles. The normalized spacial score (nSPS) is 11.2. The van der Waals surface area contributed by atoms with E-state index in [2.05, 4.69) is 24.1 Å². The van der Waals surface area contributed by atoms with Crippen molar-refractivity contribution in [3.8, 4) is 22.8 Å². The molecule has 0 radical (unpaired) electrons. The first kappa shape index (κ1) is 22.0. The minimum atomic E-state index is -0.353. The smallest absolute Gasteiger partial charge is 0.291 e. The lowest BCUT2D eigenvalue weighted by Gasteiger charge is -2.06. The van der Waals surface area contributed by atoms with Crippen LogP contribution in [0.15, 0.2) is 75.6 Å². The van der Waals surface area contributed by atoms with Gasteiger partial charge in [-0.2, -0.15) is 0 Å². The van der Waals surface area contributed by atoms with Crippen molar-refractivity contribution in [2.75, 3.05) is 5.32 Å². The summed E-state index contributed by atoms with van der Waals surface area (Å²) in [7, 11) is 0. The van der Waals surface area contributed by atoms with Crippen LogP contribution in [0.1, 0.15) is 34.2 Å². The first-order chi connectivity index (χ1) is 16.4. The van der Waals surface area contributed by atoms with Crippen molar-refractivity contribution in [3.63, 3.8) is 0 Å². The Kier molecular flexibility index (Phi) is 5.72. The third kappa shape index (κ3) is 4.22. The number of halogens is 1. The van der Waals surface area contributed by atoms with Crippen molar-refractivity contribution >= 4 is 34.3 Å². The van der Waals surface area contributed by atoms with Gasteiger partial charge in [-0.15, -0.1) is 0 Å². The number of hydrogen-bond acceptors (Lipinski definition) is 4. The molecule has 5 rings (SSSR count). The molecule has 0 saturated heterocycles. The lowest BCUT2D eigenvalue weighted by molar-refractivity contribution is 0.0997. The summed E-state index contributed by atoms with van der Waals surface area (Å²) in [5.41, 5.74) is 7.10. The molecule has 3 aromatic carbocycles. The highest BCUT2D eigenvalue weighted by Crippen LogP contribution is 2.33. The monoisotopic (exact) mass is 470 g/mol. The minimum Gasteiger partial charge on any atom is -0.451 e. The Hall–Kier alpha value is -3.83. The zero-order chi connectivity index (χ0) is 23.8. The number of nitrogens with zero attached hydrogens (tertiary/aromatic N) is 1. The fraction of sp³-hybridized carbons (Fsp3) is 0.143. The van der Waals surface area contributed by atoms with Gasteiger partial charge in [0, 0.05) is 11.3 Å². The molecule has 5 nitrogen and oxygen atoms in total. The van der Waals surface area contributed by atoms with Crippen LogP contribution in [0.25, 0.3) is 33.9 Å². The lowest BCUT2D eigenvalue weighted by Crippen LogP contribution is -2.10. The van der Waals surface area contributed by atoms with Gasteiger partial charge in [0.2, 0.25) is 5.89 Å². The van der Waals surface area contributed by atoms with Crippen LogP contribution in [0.2, 0.25) is 5.02 Å². The maximum absolute atomic E-state index is 12.8. The van der Waals surface area contributed by atoms with Crippen LogP contribution in [0.4, 0.5) is 5.69 Å². The summed E-state index contributed by atoms with van der Waals surface area (Å²) >= 11 is 6.43. The molecule has 0 unspecified atom stereocenters. The Labute approximate surface area is 202 Å². The van der Waals surface area contributed by atoms with Crippen molar-refractivity contribution in [1.82, 2.24) is 4.98 Å². The molecule has 1 N–H and O–H groups in total. The number of oxazole rings is 1. The second-order valence-corrected chi connectivity index (χ2v) is 8.69. The van der Waals surface area contributed by atoms with E-state index < -0.39 is 0 Å². The Morgan fingerprint density at radius 2 is 1.79 bits per heavy atom. The van der Waals surface area contributed by atoms with E-state index in [0.29, 0.717) is 33.5 Å². The second kappa shape index (κ2) is 8.84. The summed E-state index contributed by atoms with van der Waals surface area (Å²) in [4.78, 5) is 17.4. The first-order valence-electron chi connectivity index (χ1n) is 11.1. The Bertz CT molecular complexity index is 1530. The fourth-order valence-corrected chi connectivity index (χ4v) is 3.98. The molecule has 170 valence electrons. The lowest BCUT2D eigenvalue weighted by atomic mass is 10.1. The molecule has 34 heavy (non-hydrogen) atoms. The topological polar surface area (TPSA) is 68.3 Å². The highest BCUT2D eigenvalue weighted by Gasteiger charge is 2.16. The van der Waals surface area contributed by atoms with Crippen molar-refractivity contribution in [3.05, 3.63) is 94.2 Å². The number of carbonyl (C=O) groups is 1. The Morgan fingerprint density at radius 3 is 2.59 bits per heavy atom. The molecule has 5 aromatic rings. The number of furan rings is 1. The minimum absolute atomic E-state index is 0.221. The Balaban J connectivity index is 1.39. The van der Waals surface area contributed by atoms with Crippen molar-refractivity contribution < 1.29 is 13.6 Å². The number of aromatic nitrogens is 1. The third-order valence-corrected chi connectivity index (χ3v) is 6.27. The highest BCUT2D eigenvalue weighted by molar-refractivity contribution is 6.33. The summed E-state index contributed by atoms with van der Waals surface area (Å²) in [6.07, 6.45) is 0.915. The molecule has 2 aromatic heterocycles. The molecule has 0 fully saturated rings. The van der Waals surface area contributed by atoms with E-state index in [-0.39, 0.29) is 11.7 Å². The molecular formula is C28H23ClN2O3. The van der Waals surface area contributed by atoms with Crippen molar-refractivity contribution in [2.24, 2.45) is 0 Å². The SMILES string of the molecule is CCc1ccc2oc(-c3cc(NC(=O)c4ccc(-c5ccc(C)c(C)c5)o4)ccc3Cl)nc2c1. The largest absolute Gasteiger partial charge is 0.451 e. The molecule has 0 atom stereocenters. The molecule has 0 saturated carbocycles. The van der Waals surface area contributed by atoms with Gasteiger partial charge in [0.05, 0.1) is 10.6 Å². The number of nitrogens with one attached hydrogen (secondary N) is 1. The summed E-state index contributed by atoms with van der Waals surface area (Å²) < 4.78 is 11.8. The predicted molar refractivity (Wildman–Crippen MR) is 135 cm³/mol. The zero-order valence-electron chi connectivity index (χ0n) is 19.1. The van der Waals surface area contributed by atoms with E-state index in [4.69, 9.17) is 20.4 Å². The third-order valence-electron chi connectivity index (χ3n) is 5.94. The number of aryl methyl sites for hydroxylation is 3. The van der Waals surface area contributed by atoms with Gasteiger partial charge in [0.15, 0.2) is 11.3 Å². The standard InChI is InChI=1S/C28H23ClN2O3/c1-4-18-6-10-25-23(14-18)31-28(34-25)21-15-20(8-9-22(21)29)30-27(32)26-12-11-24(33-26)19-7-5-16(2)17(3)13-19/h5-15H,4H2,1-3H3,(H,30,32). The number of carbonyl (C=O) groups excluding carboxylic acids is 1. The number of amides is 1. The number of fused-ring (bicyclic) bond motifs is 1. The van der Waals surface area contributed by atoms with Gasteiger partial charge in [-0.1, -0.05) is 36.7 Å². The van der Waals surface area contributed by atoms with Gasteiger partial charge >= 0.3 is 0 Å². The van der Waals surface area contributed by atoms with Crippen molar-refractivity contribution in [1.29, 1.82) is 0 Å². The molecule has 0 spiro atoms. The predicted octanol–water partition coefficient (Wildman–Crippen LogP) is 7.84. The number of benzene rings is 3. The van der Waals surface area contributed by atoms with Crippen LogP contribution in [-0.4, -0.2) is 10.9 Å². The van der Waals surface area contributed by atoms with E-state index >= 15 is 0 Å². The van der Waals surface area contributed by atoms with Gasteiger partial charge in [0.25, 0.3) is 5.91 Å². The van der Waals surface area contributed by atoms with E-state index in [1.54, 1.807) is 30.3 Å². The molecule has 0 aliphatic heterocycles. The molecule has 1 amide bonds. The summed E-state index contributed by atoms with van der Waals surface area (Å²) in [5.74, 6) is 0.912. The fourth-order valence-electron chi connectivity index (χ4n) is 3.78. The molecule has 0 bridgehead atoms. The van der Waals surface area contributed by atoms with Gasteiger partial charge in [-0.05, 0) is 85.5 Å². The Morgan fingerprint density at radius 1 is 0.941 bits per heavy atom. The molecule has 2 heterocycles. The maximum Gasteiger partial charge on any atom is 0.291 e. The van der Waals surface area contributed by atoms with Crippen LogP contribution in [0.5, 0.6) is 0 Å². The summed E-state index contributed by atoms with van der Waals surface area (Å²) in [6.45, 7) is 6.20. The van der Waals surface area contributed by atoms with E-state index in [0.717, 1.165) is 17.5 Å². The second-order valence-electron chi connectivity index (χ2n) is 8.29. The van der Waals surface area contributed by atoms with Gasteiger partial charge in [-0.3, -0.25) is 4.79 Å².